The fraction of sp³-hybridized carbons (Fsp3) is 0.562. The summed E-state index contributed by atoms with van der Waals surface area (Å²) >= 11 is 0. The zero-order chi connectivity index (χ0) is 13.7. The third-order valence-corrected chi connectivity index (χ3v) is 4.19. The summed E-state index contributed by atoms with van der Waals surface area (Å²) in [5.74, 6) is 1.05. The summed E-state index contributed by atoms with van der Waals surface area (Å²) in [5, 5.41) is 8.87. The molecule has 0 radical (unpaired) electrons. The highest BCUT2D eigenvalue weighted by Gasteiger charge is 2.26. The topological polar surface area (TPSA) is 63.3 Å². The van der Waals surface area contributed by atoms with Crippen molar-refractivity contribution in [3.8, 4) is 0 Å². The molecule has 2 rings (SSSR count). The van der Waals surface area contributed by atoms with E-state index in [-0.39, 0.29) is 30.7 Å². The first-order chi connectivity index (χ1) is 9.24. The number of carbonyl (C=O) groups excluding carboxylic acids is 1. The molecule has 1 aliphatic carbocycles. The zero-order valence-corrected chi connectivity index (χ0v) is 12.6. The molecule has 1 aromatic rings. The molecule has 1 fully saturated rings. The molecule has 112 valence electrons. The van der Waals surface area contributed by atoms with E-state index >= 15 is 0 Å². The lowest BCUT2D eigenvalue weighted by Gasteiger charge is -2.26. The van der Waals surface area contributed by atoms with Crippen LogP contribution in [-0.4, -0.2) is 24.0 Å². The second kappa shape index (κ2) is 8.40. The van der Waals surface area contributed by atoms with Gasteiger partial charge in [0.2, 0.25) is 0 Å². The second-order valence-electron chi connectivity index (χ2n) is 5.49. The molecule has 0 aromatic heterocycles. The predicted molar refractivity (Wildman–Crippen MR) is 83.3 cm³/mol. The van der Waals surface area contributed by atoms with E-state index in [1.165, 1.54) is 0 Å². The Morgan fingerprint density at radius 2 is 1.75 bits per heavy atom. The SMILES string of the molecule is Cl.NCC1CCC(C(=O)c2ccc(CCO)cc2)CC1. The summed E-state index contributed by atoms with van der Waals surface area (Å²) in [4.78, 5) is 12.4. The molecule has 20 heavy (non-hydrogen) atoms. The van der Waals surface area contributed by atoms with Gasteiger partial charge in [-0.25, -0.2) is 0 Å². The summed E-state index contributed by atoms with van der Waals surface area (Å²) in [6, 6.07) is 7.66. The van der Waals surface area contributed by atoms with Crippen LogP contribution in [0.2, 0.25) is 0 Å². The van der Waals surface area contributed by atoms with Crippen molar-refractivity contribution in [3.05, 3.63) is 35.4 Å². The summed E-state index contributed by atoms with van der Waals surface area (Å²) in [6.45, 7) is 0.896. The van der Waals surface area contributed by atoms with E-state index in [9.17, 15) is 4.79 Å². The Balaban J connectivity index is 0.00000200. The Labute approximate surface area is 127 Å². The number of rotatable bonds is 5. The molecular weight excluding hydrogens is 274 g/mol. The molecule has 0 amide bonds. The molecule has 0 aliphatic heterocycles. The number of ketones is 1. The number of nitrogens with two attached hydrogens (primary N) is 1. The lowest BCUT2D eigenvalue weighted by Crippen LogP contribution is -2.25. The largest absolute Gasteiger partial charge is 0.396 e. The molecule has 0 atom stereocenters. The monoisotopic (exact) mass is 297 g/mol. The van der Waals surface area contributed by atoms with E-state index in [1.807, 2.05) is 24.3 Å². The number of Topliss-reactive ketones (excluding diaryl/α,β-unsaturated/α-hetero) is 1. The zero-order valence-electron chi connectivity index (χ0n) is 11.8. The van der Waals surface area contributed by atoms with Crippen LogP contribution >= 0.6 is 12.4 Å². The lowest BCUT2D eigenvalue weighted by molar-refractivity contribution is 0.0873. The predicted octanol–water partition coefficient (Wildman–Crippen LogP) is 2.59. The van der Waals surface area contributed by atoms with Gasteiger partial charge in [0.05, 0.1) is 0 Å². The molecule has 0 heterocycles. The summed E-state index contributed by atoms with van der Waals surface area (Å²) in [7, 11) is 0. The van der Waals surface area contributed by atoms with Gasteiger partial charge in [0.25, 0.3) is 0 Å². The third-order valence-electron chi connectivity index (χ3n) is 4.19. The minimum Gasteiger partial charge on any atom is -0.396 e. The highest BCUT2D eigenvalue weighted by Crippen LogP contribution is 2.30. The molecule has 1 aromatic carbocycles. The summed E-state index contributed by atoms with van der Waals surface area (Å²) in [6.07, 6.45) is 4.75. The van der Waals surface area contributed by atoms with Crippen molar-refractivity contribution >= 4 is 18.2 Å². The second-order valence-corrected chi connectivity index (χ2v) is 5.49. The molecule has 0 bridgehead atoms. The third kappa shape index (κ3) is 4.30. The van der Waals surface area contributed by atoms with Gasteiger partial charge in [-0.1, -0.05) is 24.3 Å². The fourth-order valence-corrected chi connectivity index (χ4v) is 2.86. The average Bonchev–Trinajstić information content (AvgIpc) is 2.48. The van der Waals surface area contributed by atoms with E-state index in [0.717, 1.165) is 43.4 Å². The first kappa shape index (κ1) is 17.2. The van der Waals surface area contributed by atoms with Crippen molar-refractivity contribution in [1.29, 1.82) is 0 Å². The van der Waals surface area contributed by atoms with Gasteiger partial charge in [0, 0.05) is 18.1 Å². The van der Waals surface area contributed by atoms with Crippen molar-refractivity contribution in [2.24, 2.45) is 17.6 Å². The Morgan fingerprint density at radius 1 is 1.15 bits per heavy atom. The summed E-state index contributed by atoms with van der Waals surface area (Å²) < 4.78 is 0. The smallest absolute Gasteiger partial charge is 0.165 e. The first-order valence-electron chi connectivity index (χ1n) is 7.18. The highest BCUT2D eigenvalue weighted by atomic mass is 35.5. The number of aliphatic hydroxyl groups excluding tert-OH is 1. The van der Waals surface area contributed by atoms with Gasteiger partial charge in [-0.3, -0.25) is 4.79 Å². The van der Waals surface area contributed by atoms with Gasteiger partial charge < -0.3 is 10.8 Å². The van der Waals surface area contributed by atoms with E-state index in [4.69, 9.17) is 10.8 Å². The van der Waals surface area contributed by atoms with Gasteiger partial charge >= 0.3 is 0 Å². The number of halogens is 1. The molecule has 1 saturated carbocycles. The lowest BCUT2D eigenvalue weighted by atomic mass is 9.78. The molecule has 3 N–H and O–H groups in total. The Kier molecular flexibility index (Phi) is 7.20. The Hall–Kier alpha value is -0.900. The fourth-order valence-electron chi connectivity index (χ4n) is 2.86. The van der Waals surface area contributed by atoms with E-state index in [1.54, 1.807) is 0 Å². The van der Waals surface area contributed by atoms with Gasteiger partial charge in [0.1, 0.15) is 0 Å². The van der Waals surface area contributed by atoms with Crippen molar-refractivity contribution < 1.29 is 9.90 Å². The minimum atomic E-state index is 0. The van der Waals surface area contributed by atoms with Crippen LogP contribution in [-0.2, 0) is 6.42 Å². The Morgan fingerprint density at radius 3 is 2.25 bits per heavy atom. The number of hydrogen-bond acceptors (Lipinski definition) is 3. The van der Waals surface area contributed by atoms with Crippen LogP contribution in [0.25, 0.3) is 0 Å². The van der Waals surface area contributed by atoms with E-state index in [2.05, 4.69) is 0 Å². The van der Waals surface area contributed by atoms with Crippen LogP contribution in [0, 0.1) is 11.8 Å². The maximum atomic E-state index is 12.4. The van der Waals surface area contributed by atoms with Gasteiger partial charge in [0.15, 0.2) is 5.78 Å². The Bertz CT molecular complexity index is 411. The van der Waals surface area contributed by atoms with Crippen molar-refractivity contribution in [2.45, 2.75) is 32.1 Å². The maximum Gasteiger partial charge on any atom is 0.165 e. The van der Waals surface area contributed by atoms with Crippen LogP contribution in [0.3, 0.4) is 0 Å². The van der Waals surface area contributed by atoms with Crippen molar-refractivity contribution in [2.75, 3.05) is 13.2 Å². The first-order valence-corrected chi connectivity index (χ1v) is 7.18. The van der Waals surface area contributed by atoms with Crippen LogP contribution in [0.15, 0.2) is 24.3 Å². The maximum absolute atomic E-state index is 12.4. The molecular formula is C16H24ClNO2. The molecule has 0 spiro atoms. The van der Waals surface area contributed by atoms with Gasteiger partial charge in [-0.2, -0.15) is 0 Å². The number of carbonyl (C=O) groups is 1. The van der Waals surface area contributed by atoms with Crippen LogP contribution < -0.4 is 5.73 Å². The number of hydrogen-bond donors (Lipinski definition) is 2. The molecule has 4 heteroatoms. The van der Waals surface area contributed by atoms with Gasteiger partial charge in [-0.15, -0.1) is 12.4 Å². The quantitative estimate of drug-likeness (QED) is 0.821. The average molecular weight is 298 g/mol. The van der Waals surface area contributed by atoms with Crippen molar-refractivity contribution in [3.63, 3.8) is 0 Å². The molecule has 0 saturated heterocycles. The number of aliphatic hydroxyl groups is 1. The van der Waals surface area contributed by atoms with Crippen LogP contribution in [0.4, 0.5) is 0 Å². The highest BCUT2D eigenvalue weighted by molar-refractivity contribution is 5.97. The van der Waals surface area contributed by atoms with Gasteiger partial charge in [-0.05, 0) is 50.1 Å². The van der Waals surface area contributed by atoms with Crippen LogP contribution in [0.5, 0.6) is 0 Å². The minimum absolute atomic E-state index is 0. The van der Waals surface area contributed by atoms with Crippen LogP contribution in [0.1, 0.15) is 41.6 Å². The molecule has 1 aliphatic rings. The standard InChI is InChI=1S/C16H23NO2.ClH/c17-11-13-3-7-15(8-4-13)16(19)14-5-1-12(2-6-14)9-10-18;/h1-2,5-6,13,15,18H,3-4,7-11,17H2;1H. The van der Waals surface area contributed by atoms with E-state index < -0.39 is 0 Å². The molecule has 0 unspecified atom stereocenters. The summed E-state index contributed by atoms with van der Waals surface area (Å²) in [5.41, 5.74) is 7.55. The van der Waals surface area contributed by atoms with Crippen molar-refractivity contribution in [1.82, 2.24) is 0 Å². The normalized spacial score (nSPS) is 22.1. The number of benzene rings is 1. The molecule has 3 nitrogen and oxygen atoms in total. The van der Waals surface area contributed by atoms with E-state index in [0.29, 0.717) is 12.3 Å².